The number of benzene rings is 2. The van der Waals surface area contributed by atoms with Crippen molar-refractivity contribution in [3.63, 3.8) is 0 Å². The Kier molecular flexibility index (Phi) is 3.90. The predicted octanol–water partition coefficient (Wildman–Crippen LogP) is 2.71. The molecule has 0 radical (unpaired) electrons. The molecule has 0 aliphatic heterocycles. The van der Waals surface area contributed by atoms with Crippen LogP contribution in [-0.4, -0.2) is 24.9 Å². The zero-order chi connectivity index (χ0) is 13.9. The van der Waals surface area contributed by atoms with Gasteiger partial charge in [-0.2, -0.15) is 0 Å². The highest BCUT2D eigenvalue weighted by Gasteiger charge is 2.29. The number of fused-ring (bicyclic) bond motifs is 1. The largest absolute Gasteiger partial charge is 0.496 e. The standard InChI is InChI=1S/C17H21NO2/c1-20-17-9-8-13(14-4-2-3-5-15(14)17)10-18-11-16(19)12-6-7-12/h2-5,8-9,12,16,18-19H,6-7,10-11H2,1H3. The molecule has 0 aromatic heterocycles. The number of methoxy groups -OCH3 is 1. The van der Waals surface area contributed by atoms with Crippen molar-refractivity contribution in [2.45, 2.75) is 25.5 Å². The zero-order valence-electron chi connectivity index (χ0n) is 11.8. The monoisotopic (exact) mass is 271 g/mol. The summed E-state index contributed by atoms with van der Waals surface area (Å²) in [6, 6.07) is 12.4. The Labute approximate surface area is 119 Å². The molecule has 0 amide bonds. The lowest BCUT2D eigenvalue weighted by Gasteiger charge is -2.13. The second kappa shape index (κ2) is 5.81. The lowest BCUT2D eigenvalue weighted by atomic mass is 10.0. The van der Waals surface area contributed by atoms with Crippen LogP contribution in [0.25, 0.3) is 10.8 Å². The van der Waals surface area contributed by atoms with Crippen molar-refractivity contribution in [3.8, 4) is 5.75 Å². The Morgan fingerprint density at radius 2 is 1.95 bits per heavy atom. The zero-order valence-corrected chi connectivity index (χ0v) is 11.8. The first-order valence-electron chi connectivity index (χ1n) is 7.23. The normalized spacial score (nSPS) is 16.3. The average Bonchev–Trinajstić information content (AvgIpc) is 3.32. The Balaban J connectivity index is 1.74. The highest BCUT2D eigenvalue weighted by molar-refractivity contribution is 5.91. The first-order chi connectivity index (χ1) is 9.79. The van der Waals surface area contributed by atoms with Gasteiger partial charge >= 0.3 is 0 Å². The maximum absolute atomic E-state index is 9.88. The summed E-state index contributed by atoms with van der Waals surface area (Å²) in [5, 5.41) is 15.6. The molecule has 3 heteroatoms. The molecule has 1 saturated carbocycles. The number of aliphatic hydroxyl groups excluding tert-OH is 1. The van der Waals surface area contributed by atoms with Crippen LogP contribution in [0, 0.1) is 5.92 Å². The van der Waals surface area contributed by atoms with E-state index in [4.69, 9.17) is 4.74 Å². The molecule has 3 rings (SSSR count). The Hall–Kier alpha value is -1.58. The number of hydrogen-bond acceptors (Lipinski definition) is 3. The average molecular weight is 271 g/mol. The second-order valence-electron chi connectivity index (χ2n) is 5.51. The molecule has 1 atom stereocenters. The number of rotatable bonds is 6. The van der Waals surface area contributed by atoms with E-state index in [9.17, 15) is 5.11 Å². The molecule has 1 aliphatic rings. The van der Waals surface area contributed by atoms with E-state index < -0.39 is 0 Å². The Morgan fingerprint density at radius 1 is 1.20 bits per heavy atom. The molecule has 0 spiro atoms. The Morgan fingerprint density at radius 3 is 2.65 bits per heavy atom. The lowest BCUT2D eigenvalue weighted by Crippen LogP contribution is -2.27. The minimum atomic E-state index is -0.195. The molecule has 2 aromatic rings. The first-order valence-corrected chi connectivity index (χ1v) is 7.23. The fraction of sp³-hybridized carbons (Fsp3) is 0.412. The van der Waals surface area contributed by atoms with Crippen LogP contribution >= 0.6 is 0 Å². The number of aliphatic hydroxyl groups is 1. The van der Waals surface area contributed by atoms with Crippen LogP contribution in [0.3, 0.4) is 0 Å². The summed E-state index contributed by atoms with van der Waals surface area (Å²) in [4.78, 5) is 0. The highest BCUT2D eigenvalue weighted by atomic mass is 16.5. The SMILES string of the molecule is COc1ccc(CNCC(O)C2CC2)c2ccccc12. The first kappa shape index (κ1) is 13.4. The summed E-state index contributed by atoms with van der Waals surface area (Å²) >= 11 is 0. The van der Waals surface area contributed by atoms with Gasteiger partial charge in [-0.1, -0.05) is 30.3 Å². The molecule has 2 aromatic carbocycles. The second-order valence-corrected chi connectivity index (χ2v) is 5.51. The van der Waals surface area contributed by atoms with Crippen LogP contribution in [0.2, 0.25) is 0 Å². The molecule has 0 bridgehead atoms. The number of nitrogens with one attached hydrogen (secondary N) is 1. The van der Waals surface area contributed by atoms with Gasteiger partial charge in [0.25, 0.3) is 0 Å². The van der Waals surface area contributed by atoms with Gasteiger partial charge in [0.1, 0.15) is 5.75 Å². The van der Waals surface area contributed by atoms with E-state index in [1.54, 1.807) is 7.11 Å². The molecule has 1 aliphatic carbocycles. The van der Waals surface area contributed by atoms with Crippen LogP contribution in [0.15, 0.2) is 36.4 Å². The van der Waals surface area contributed by atoms with Gasteiger partial charge in [-0.25, -0.2) is 0 Å². The van der Waals surface area contributed by atoms with E-state index in [0.29, 0.717) is 12.5 Å². The summed E-state index contributed by atoms with van der Waals surface area (Å²) in [5.41, 5.74) is 1.24. The third kappa shape index (κ3) is 2.79. The molecule has 1 unspecified atom stereocenters. The van der Waals surface area contributed by atoms with Gasteiger partial charge < -0.3 is 15.2 Å². The van der Waals surface area contributed by atoms with E-state index in [0.717, 1.165) is 17.7 Å². The van der Waals surface area contributed by atoms with Crippen molar-refractivity contribution >= 4 is 10.8 Å². The summed E-state index contributed by atoms with van der Waals surface area (Å²) < 4.78 is 5.40. The minimum Gasteiger partial charge on any atom is -0.496 e. The molecule has 20 heavy (non-hydrogen) atoms. The molecule has 0 saturated heterocycles. The van der Waals surface area contributed by atoms with Crippen LogP contribution < -0.4 is 10.1 Å². The van der Waals surface area contributed by atoms with Gasteiger partial charge in [0.2, 0.25) is 0 Å². The Bertz CT molecular complexity index is 593. The van der Waals surface area contributed by atoms with E-state index >= 15 is 0 Å². The summed E-state index contributed by atoms with van der Waals surface area (Å²) in [6.45, 7) is 1.44. The lowest BCUT2D eigenvalue weighted by molar-refractivity contribution is 0.148. The van der Waals surface area contributed by atoms with Crippen LogP contribution in [0.5, 0.6) is 5.75 Å². The highest BCUT2D eigenvalue weighted by Crippen LogP contribution is 2.32. The van der Waals surface area contributed by atoms with E-state index in [1.807, 2.05) is 18.2 Å². The van der Waals surface area contributed by atoms with Crippen molar-refractivity contribution in [2.75, 3.05) is 13.7 Å². The number of hydrogen-bond donors (Lipinski definition) is 2. The van der Waals surface area contributed by atoms with Gasteiger partial charge in [0.15, 0.2) is 0 Å². The topological polar surface area (TPSA) is 41.5 Å². The number of ether oxygens (including phenoxy) is 1. The molecule has 1 fully saturated rings. The predicted molar refractivity (Wildman–Crippen MR) is 80.9 cm³/mol. The third-order valence-electron chi connectivity index (χ3n) is 4.03. The van der Waals surface area contributed by atoms with Crippen molar-refractivity contribution in [1.29, 1.82) is 0 Å². The summed E-state index contributed by atoms with van der Waals surface area (Å²) in [5.74, 6) is 1.43. The fourth-order valence-corrected chi connectivity index (χ4v) is 2.67. The van der Waals surface area contributed by atoms with Crippen molar-refractivity contribution < 1.29 is 9.84 Å². The van der Waals surface area contributed by atoms with Gasteiger partial charge in [0.05, 0.1) is 13.2 Å². The minimum absolute atomic E-state index is 0.195. The summed E-state index contributed by atoms with van der Waals surface area (Å²) in [6.07, 6.45) is 2.15. The maximum atomic E-state index is 9.88. The van der Waals surface area contributed by atoms with Gasteiger partial charge in [-0.15, -0.1) is 0 Å². The van der Waals surface area contributed by atoms with E-state index in [2.05, 4.69) is 23.5 Å². The van der Waals surface area contributed by atoms with Crippen LogP contribution in [0.1, 0.15) is 18.4 Å². The van der Waals surface area contributed by atoms with Crippen molar-refractivity contribution in [3.05, 3.63) is 42.0 Å². The van der Waals surface area contributed by atoms with Crippen molar-refractivity contribution in [2.24, 2.45) is 5.92 Å². The molecule has 2 N–H and O–H groups in total. The van der Waals surface area contributed by atoms with Crippen LogP contribution in [-0.2, 0) is 6.54 Å². The molecule has 0 heterocycles. The molecular weight excluding hydrogens is 250 g/mol. The van der Waals surface area contributed by atoms with Gasteiger partial charge in [-0.05, 0) is 35.8 Å². The van der Waals surface area contributed by atoms with Gasteiger partial charge in [-0.3, -0.25) is 0 Å². The fourth-order valence-electron chi connectivity index (χ4n) is 2.67. The molecule has 106 valence electrons. The molecular formula is C17H21NO2. The van der Waals surface area contributed by atoms with E-state index in [-0.39, 0.29) is 6.10 Å². The summed E-state index contributed by atoms with van der Waals surface area (Å²) in [7, 11) is 1.70. The van der Waals surface area contributed by atoms with Crippen molar-refractivity contribution in [1.82, 2.24) is 5.32 Å². The van der Waals surface area contributed by atoms with E-state index in [1.165, 1.54) is 23.8 Å². The third-order valence-corrected chi connectivity index (χ3v) is 4.03. The maximum Gasteiger partial charge on any atom is 0.126 e. The van der Waals surface area contributed by atoms with Crippen LogP contribution in [0.4, 0.5) is 0 Å². The smallest absolute Gasteiger partial charge is 0.126 e. The van der Waals surface area contributed by atoms with Gasteiger partial charge in [0, 0.05) is 18.5 Å². The quantitative estimate of drug-likeness (QED) is 0.849. The molecule has 3 nitrogen and oxygen atoms in total.